The van der Waals surface area contributed by atoms with E-state index < -0.39 is 0 Å². The highest BCUT2D eigenvalue weighted by Gasteiger charge is 2.33. The number of piperazine rings is 1. The Balaban J connectivity index is 1.69. The van der Waals surface area contributed by atoms with Gasteiger partial charge in [-0.2, -0.15) is 0 Å². The van der Waals surface area contributed by atoms with Crippen LogP contribution in [0.25, 0.3) is 0 Å². The first-order valence-electron chi connectivity index (χ1n) is 8.24. The van der Waals surface area contributed by atoms with E-state index in [2.05, 4.69) is 54.4 Å². The molecule has 0 aromatic heterocycles. The van der Waals surface area contributed by atoms with Crippen LogP contribution in [-0.2, 0) is 0 Å². The van der Waals surface area contributed by atoms with E-state index in [-0.39, 0.29) is 0 Å². The Hall–Kier alpha value is -0.860. The fraction of sp³-hybridized carbons (Fsp3) is 0.667. The molecule has 0 amide bonds. The van der Waals surface area contributed by atoms with E-state index >= 15 is 0 Å². The predicted molar refractivity (Wildman–Crippen MR) is 84.7 cm³/mol. The van der Waals surface area contributed by atoms with Crippen LogP contribution >= 0.6 is 0 Å². The molecule has 2 nitrogen and oxygen atoms in total. The molecule has 0 radical (unpaired) electrons. The fourth-order valence-corrected chi connectivity index (χ4v) is 3.45. The predicted octanol–water partition coefficient (Wildman–Crippen LogP) is 3.46. The molecule has 1 N–H and O–H groups in total. The highest BCUT2D eigenvalue weighted by Crippen LogP contribution is 2.34. The number of hydrogen-bond donors (Lipinski definition) is 1. The maximum absolute atomic E-state index is 3.78. The number of hydrogen-bond acceptors (Lipinski definition) is 2. The van der Waals surface area contributed by atoms with Crippen LogP contribution in [0.3, 0.4) is 0 Å². The van der Waals surface area contributed by atoms with Crippen LogP contribution in [0, 0.1) is 11.8 Å². The molecule has 2 fully saturated rings. The summed E-state index contributed by atoms with van der Waals surface area (Å²) in [6, 6.07) is 12.3. The van der Waals surface area contributed by atoms with Crippen LogP contribution in [0.2, 0.25) is 0 Å². The number of nitrogens with zero attached hydrogens (tertiary/aromatic N) is 1. The molecular weight excluding hydrogens is 244 g/mol. The molecule has 2 atom stereocenters. The summed E-state index contributed by atoms with van der Waals surface area (Å²) in [5.74, 6) is 1.75. The van der Waals surface area contributed by atoms with Crippen molar-refractivity contribution in [2.75, 3.05) is 19.6 Å². The summed E-state index contributed by atoms with van der Waals surface area (Å²) in [5, 5.41) is 3.78. The molecule has 1 aliphatic heterocycles. The molecule has 1 aliphatic carbocycles. The quantitative estimate of drug-likeness (QED) is 0.883. The molecule has 2 heteroatoms. The summed E-state index contributed by atoms with van der Waals surface area (Å²) in [4.78, 5) is 2.75. The molecule has 2 unspecified atom stereocenters. The standard InChI is InChI=1S/C18H28N2/c1-14(2)10-17-13-20(12-15-8-9-15)18(11-19-17)16-6-4-3-5-7-16/h3-7,14-15,17-19H,8-13H2,1-2H3. The number of rotatable bonds is 5. The summed E-state index contributed by atoms with van der Waals surface area (Å²) < 4.78 is 0. The van der Waals surface area contributed by atoms with Gasteiger partial charge >= 0.3 is 0 Å². The minimum absolute atomic E-state index is 0.570. The van der Waals surface area contributed by atoms with Gasteiger partial charge in [0.2, 0.25) is 0 Å². The van der Waals surface area contributed by atoms with Gasteiger partial charge in [0.1, 0.15) is 0 Å². The van der Waals surface area contributed by atoms with Crippen LogP contribution in [0.15, 0.2) is 30.3 Å². The van der Waals surface area contributed by atoms with Gasteiger partial charge < -0.3 is 5.32 Å². The van der Waals surface area contributed by atoms with Crippen molar-refractivity contribution in [2.45, 2.75) is 45.2 Å². The lowest BCUT2D eigenvalue weighted by Crippen LogP contribution is -2.53. The summed E-state index contributed by atoms with van der Waals surface area (Å²) in [7, 11) is 0. The smallest absolute Gasteiger partial charge is 0.0473 e. The summed E-state index contributed by atoms with van der Waals surface area (Å²) in [5.41, 5.74) is 1.48. The zero-order valence-electron chi connectivity index (χ0n) is 12.9. The Bertz CT molecular complexity index is 411. The van der Waals surface area contributed by atoms with Crippen LogP contribution in [0.4, 0.5) is 0 Å². The van der Waals surface area contributed by atoms with Gasteiger partial charge in [-0.15, -0.1) is 0 Å². The minimum Gasteiger partial charge on any atom is -0.311 e. The lowest BCUT2D eigenvalue weighted by Gasteiger charge is -2.41. The molecule has 1 heterocycles. The molecule has 0 bridgehead atoms. The summed E-state index contributed by atoms with van der Waals surface area (Å²) in [6.45, 7) is 8.28. The van der Waals surface area contributed by atoms with Crippen LogP contribution in [0.5, 0.6) is 0 Å². The van der Waals surface area contributed by atoms with Crippen molar-refractivity contribution in [1.82, 2.24) is 10.2 Å². The van der Waals surface area contributed by atoms with Gasteiger partial charge in [-0.25, -0.2) is 0 Å². The second kappa shape index (κ2) is 6.28. The van der Waals surface area contributed by atoms with Crippen molar-refractivity contribution in [3.63, 3.8) is 0 Å². The molecule has 1 aromatic rings. The first-order chi connectivity index (χ1) is 9.72. The van der Waals surface area contributed by atoms with E-state index in [0.717, 1.165) is 18.4 Å². The highest BCUT2D eigenvalue weighted by molar-refractivity contribution is 5.20. The topological polar surface area (TPSA) is 15.3 Å². The normalized spacial score (nSPS) is 27.9. The molecule has 2 aliphatic rings. The third-order valence-corrected chi connectivity index (χ3v) is 4.63. The van der Waals surface area contributed by atoms with E-state index in [0.29, 0.717) is 12.1 Å². The first kappa shape index (κ1) is 14.1. The van der Waals surface area contributed by atoms with Gasteiger partial charge in [0.05, 0.1) is 0 Å². The molecule has 20 heavy (non-hydrogen) atoms. The highest BCUT2D eigenvalue weighted by atomic mass is 15.2. The first-order valence-corrected chi connectivity index (χ1v) is 8.24. The maximum Gasteiger partial charge on any atom is 0.0473 e. The molecule has 3 rings (SSSR count). The van der Waals surface area contributed by atoms with Gasteiger partial charge in [-0.1, -0.05) is 44.2 Å². The average molecular weight is 272 g/mol. The van der Waals surface area contributed by atoms with E-state index in [1.807, 2.05) is 0 Å². The summed E-state index contributed by atoms with van der Waals surface area (Å²) >= 11 is 0. The van der Waals surface area contributed by atoms with Crippen molar-refractivity contribution in [2.24, 2.45) is 11.8 Å². The van der Waals surface area contributed by atoms with Crippen molar-refractivity contribution in [3.05, 3.63) is 35.9 Å². The third kappa shape index (κ3) is 3.62. The van der Waals surface area contributed by atoms with Crippen molar-refractivity contribution in [3.8, 4) is 0 Å². The fourth-order valence-electron chi connectivity index (χ4n) is 3.45. The Kier molecular flexibility index (Phi) is 4.42. The zero-order chi connectivity index (χ0) is 13.9. The van der Waals surface area contributed by atoms with E-state index in [1.165, 1.54) is 37.9 Å². The Morgan fingerprint density at radius 1 is 1.20 bits per heavy atom. The van der Waals surface area contributed by atoms with Gasteiger partial charge in [-0.3, -0.25) is 4.90 Å². The van der Waals surface area contributed by atoms with Gasteiger partial charge in [0.15, 0.2) is 0 Å². The van der Waals surface area contributed by atoms with Crippen molar-refractivity contribution < 1.29 is 0 Å². The van der Waals surface area contributed by atoms with Crippen molar-refractivity contribution in [1.29, 1.82) is 0 Å². The van der Waals surface area contributed by atoms with Gasteiger partial charge in [-0.05, 0) is 36.7 Å². The lowest BCUT2D eigenvalue weighted by molar-refractivity contribution is 0.116. The van der Waals surface area contributed by atoms with Gasteiger partial charge in [0.25, 0.3) is 0 Å². The van der Waals surface area contributed by atoms with Gasteiger partial charge in [0, 0.05) is 31.7 Å². The second-order valence-electron chi connectivity index (χ2n) is 7.06. The summed E-state index contributed by atoms with van der Waals surface area (Å²) in [6.07, 6.45) is 4.18. The molecule has 1 saturated heterocycles. The van der Waals surface area contributed by atoms with E-state index in [9.17, 15) is 0 Å². The Morgan fingerprint density at radius 3 is 2.60 bits per heavy atom. The maximum atomic E-state index is 3.78. The largest absolute Gasteiger partial charge is 0.311 e. The molecule has 0 spiro atoms. The van der Waals surface area contributed by atoms with Crippen LogP contribution in [-0.4, -0.2) is 30.6 Å². The molecule has 1 aromatic carbocycles. The Labute approximate surface area is 123 Å². The zero-order valence-corrected chi connectivity index (χ0v) is 12.9. The average Bonchev–Trinajstić information content (AvgIpc) is 3.23. The minimum atomic E-state index is 0.570. The molecule has 1 saturated carbocycles. The van der Waals surface area contributed by atoms with Crippen molar-refractivity contribution >= 4 is 0 Å². The Morgan fingerprint density at radius 2 is 1.95 bits per heavy atom. The van der Waals surface area contributed by atoms with E-state index in [1.54, 1.807) is 0 Å². The second-order valence-corrected chi connectivity index (χ2v) is 7.06. The van der Waals surface area contributed by atoms with E-state index in [4.69, 9.17) is 0 Å². The lowest BCUT2D eigenvalue weighted by atomic mass is 9.96. The van der Waals surface area contributed by atoms with Crippen LogP contribution in [0.1, 0.15) is 44.7 Å². The molecular formula is C18H28N2. The molecule has 110 valence electrons. The number of nitrogens with one attached hydrogen (secondary N) is 1. The third-order valence-electron chi connectivity index (χ3n) is 4.63. The van der Waals surface area contributed by atoms with Crippen LogP contribution < -0.4 is 5.32 Å². The number of benzene rings is 1. The monoisotopic (exact) mass is 272 g/mol. The SMILES string of the molecule is CC(C)CC1CN(CC2CC2)C(c2ccccc2)CN1.